The summed E-state index contributed by atoms with van der Waals surface area (Å²) in [7, 11) is 0.716. The topological polar surface area (TPSA) is 80.6 Å². The summed E-state index contributed by atoms with van der Waals surface area (Å²) in [5.74, 6) is 2.01. The molecule has 6 nitrogen and oxygen atoms in total. The molecule has 2 rings (SSSR count). The Kier molecular flexibility index (Phi) is 6.73. The predicted octanol–water partition coefficient (Wildman–Crippen LogP) is 2.79. The fourth-order valence-electron chi connectivity index (χ4n) is 2.67. The number of hydrogen-bond acceptors (Lipinski definition) is 4. The predicted molar refractivity (Wildman–Crippen MR) is 106 cm³/mol. The highest BCUT2D eigenvalue weighted by atomic mass is 32.2. The number of benzene rings is 1. The minimum atomic E-state index is -1.04. The van der Waals surface area contributed by atoms with Gasteiger partial charge in [0.25, 0.3) is 11.5 Å². The summed E-state index contributed by atoms with van der Waals surface area (Å²) < 4.78 is 33.8. The fourth-order valence-corrected chi connectivity index (χ4v) is 3.47. The molecule has 1 aromatic heterocycles. The molecule has 2 atom stereocenters. The maximum Gasteiger partial charge on any atom is 0.258 e. The van der Waals surface area contributed by atoms with E-state index in [2.05, 4.69) is 5.87 Å². The van der Waals surface area contributed by atoms with E-state index < -0.39 is 38.3 Å². The molecule has 0 bridgehead atoms. The van der Waals surface area contributed by atoms with Crippen LogP contribution in [0.4, 0.5) is 8.78 Å². The monoisotopic (exact) mass is 412 g/mol. The van der Waals surface area contributed by atoms with E-state index in [-0.39, 0.29) is 29.8 Å². The van der Waals surface area contributed by atoms with Crippen LogP contribution in [0.25, 0.3) is 11.1 Å². The number of pyridine rings is 1. The van der Waals surface area contributed by atoms with Crippen LogP contribution in [0.15, 0.2) is 35.3 Å². The van der Waals surface area contributed by atoms with Gasteiger partial charge in [-0.2, -0.15) is 10.5 Å². The third-order valence-electron chi connectivity index (χ3n) is 4.72. The molecule has 0 aliphatic rings. The van der Waals surface area contributed by atoms with Crippen LogP contribution >= 0.6 is 10.5 Å². The first-order valence-corrected chi connectivity index (χ1v) is 10.1. The summed E-state index contributed by atoms with van der Waals surface area (Å²) in [5, 5.41) is 8.95. The van der Waals surface area contributed by atoms with Crippen LogP contribution in [0.1, 0.15) is 13.3 Å². The Morgan fingerprint density at radius 2 is 2.00 bits per heavy atom. The van der Waals surface area contributed by atoms with Gasteiger partial charge in [-0.1, -0.05) is 5.87 Å². The molecule has 0 fully saturated rings. The van der Waals surface area contributed by atoms with E-state index >= 15 is 0 Å². The average molecular weight is 412 g/mol. The molecule has 0 saturated carbocycles. The SMILES string of the molecule is C=S(C)C(C)(CCn1cc(F)c(-c2ccc(OC)cc2F)cc1=O)C(=O)NO. The lowest BCUT2D eigenvalue weighted by Gasteiger charge is -2.28. The van der Waals surface area contributed by atoms with Gasteiger partial charge in [0.05, 0.1) is 11.9 Å². The summed E-state index contributed by atoms with van der Waals surface area (Å²) in [6.07, 6.45) is 2.86. The summed E-state index contributed by atoms with van der Waals surface area (Å²) in [5.41, 5.74) is 0.849. The molecule has 2 N–H and O–H groups in total. The third kappa shape index (κ3) is 4.31. The van der Waals surface area contributed by atoms with Crippen molar-refractivity contribution in [2.75, 3.05) is 13.4 Å². The second-order valence-electron chi connectivity index (χ2n) is 6.47. The molecule has 2 aromatic rings. The second-order valence-corrected chi connectivity index (χ2v) is 8.65. The summed E-state index contributed by atoms with van der Waals surface area (Å²) in [6, 6.07) is 4.93. The van der Waals surface area contributed by atoms with Crippen LogP contribution in [0, 0.1) is 11.6 Å². The quantitative estimate of drug-likeness (QED) is 0.416. The maximum atomic E-state index is 14.6. The van der Waals surface area contributed by atoms with Crippen molar-refractivity contribution in [3.8, 4) is 16.9 Å². The van der Waals surface area contributed by atoms with Crippen LogP contribution in [-0.2, 0) is 11.3 Å². The number of methoxy groups -OCH3 is 1. The molecule has 152 valence electrons. The highest BCUT2D eigenvalue weighted by Crippen LogP contribution is 2.32. The molecule has 1 heterocycles. The molecule has 2 unspecified atom stereocenters. The zero-order valence-electron chi connectivity index (χ0n) is 15.8. The Morgan fingerprint density at radius 3 is 2.54 bits per heavy atom. The van der Waals surface area contributed by atoms with E-state index in [9.17, 15) is 18.4 Å². The standard InChI is InChI=1S/C19H22F2N2O4S/c1-19(28(3)4,18(25)22-26)7-8-23-11-16(21)14(10-17(23)24)13-6-5-12(27-2)9-15(13)20/h5-6,9-11,26H,3,7-8H2,1-2,4H3,(H,22,25). The lowest BCUT2D eigenvalue weighted by molar-refractivity contribution is -0.131. The van der Waals surface area contributed by atoms with E-state index in [1.54, 1.807) is 18.7 Å². The molecule has 0 saturated heterocycles. The van der Waals surface area contributed by atoms with Crippen molar-refractivity contribution in [1.82, 2.24) is 10.0 Å². The number of nitrogens with one attached hydrogen (secondary N) is 1. The number of hydroxylamine groups is 1. The first kappa shape index (κ1) is 21.8. The fraction of sp³-hybridized carbons (Fsp3) is 0.316. The van der Waals surface area contributed by atoms with Gasteiger partial charge in [-0.25, -0.2) is 14.3 Å². The van der Waals surface area contributed by atoms with Gasteiger partial charge < -0.3 is 9.30 Å². The van der Waals surface area contributed by atoms with Crippen molar-refractivity contribution in [3.63, 3.8) is 0 Å². The maximum absolute atomic E-state index is 14.6. The number of aromatic nitrogens is 1. The van der Waals surface area contributed by atoms with Crippen molar-refractivity contribution in [3.05, 3.63) is 52.5 Å². The van der Waals surface area contributed by atoms with Crippen LogP contribution in [0.2, 0.25) is 0 Å². The van der Waals surface area contributed by atoms with Gasteiger partial charge >= 0.3 is 0 Å². The van der Waals surface area contributed by atoms with Crippen molar-refractivity contribution in [2.24, 2.45) is 0 Å². The highest BCUT2D eigenvalue weighted by molar-refractivity contribution is 8.15. The van der Waals surface area contributed by atoms with Gasteiger partial charge in [0.1, 0.15) is 17.4 Å². The lowest BCUT2D eigenvalue weighted by Crippen LogP contribution is -2.42. The van der Waals surface area contributed by atoms with E-state index in [4.69, 9.17) is 9.94 Å². The molecule has 0 radical (unpaired) electrons. The minimum Gasteiger partial charge on any atom is -0.497 e. The molecule has 1 aromatic carbocycles. The number of nitrogens with zero attached hydrogens (tertiary/aromatic N) is 1. The first-order valence-electron chi connectivity index (χ1n) is 8.28. The summed E-state index contributed by atoms with van der Waals surface area (Å²) in [4.78, 5) is 24.4. The largest absolute Gasteiger partial charge is 0.497 e. The first-order chi connectivity index (χ1) is 13.1. The zero-order valence-corrected chi connectivity index (χ0v) is 16.6. The van der Waals surface area contributed by atoms with Gasteiger partial charge in [-0.3, -0.25) is 14.8 Å². The molecule has 9 heteroatoms. The van der Waals surface area contributed by atoms with Crippen molar-refractivity contribution < 1.29 is 23.5 Å². The van der Waals surface area contributed by atoms with Crippen molar-refractivity contribution >= 4 is 22.3 Å². The highest BCUT2D eigenvalue weighted by Gasteiger charge is 2.33. The van der Waals surface area contributed by atoms with Gasteiger partial charge in [0.15, 0.2) is 0 Å². The van der Waals surface area contributed by atoms with Crippen molar-refractivity contribution in [1.29, 1.82) is 0 Å². The number of carbonyl (C=O) groups is 1. The third-order valence-corrected chi connectivity index (χ3v) is 6.65. The smallest absolute Gasteiger partial charge is 0.258 e. The Hall–Kier alpha value is -2.52. The molecule has 1 amide bonds. The Bertz CT molecular complexity index is 977. The van der Waals surface area contributed by atoms with Crippen LogP contribution in [0.3, 0.4) is 0 Å². The molecule has 0 aliphatic heterocycles. The van der Waals surface area contributed by atoms with Gasteiger partial charge in [-0.15, -0.1) is 0 Å². The summed E-state index contributed by atoms with van der Waals surface area (Å²) in [6.45, 7) is 1.63. The van der Waals surface area contributed by atoms with Gasteiger partial charge in [0, 0.05) is 36.0 Å². The van der Waals surface area contributed by atoms with E-state index in [1.807, 2.05) is 0 Å². The number of aryl methyl sites for hydroxylation is 1. The van der Waals surface area contributed by atoms with Crippen molar-refractivity contribution in [2.45, 2.75) is 24.6 Å². The average Bonchev–Trinajstić information content (AvgIpc) is 2.67. The number of ether oxygens (including phenoxy) is 1. The minimum absolute atomic E-state index is 0.0257. The number of amides is 1. The number of hydrogen-bond donors (Lipinski definition) is 2. The molecule has 0 aliphatic carbocycles. The van der Waals surface area contributed by atoms with Gasteiger partial charge in [-0.05, 0) is 31.7 Å². The van der Waals surface area contributed by atoms with Crippen LogP contribution in [-0.4, -0.2) is 39.7 Å². The molecule has 28 heavy (non-hydrogen) atoms. The lowest BCUT2D eigenvalue weighted by atomic mass is 10.0. The molecular weight excluding hydrogens is 390 g/mol. The normalized spacial score (nSPS) is 14.2. The van der Waals surface area contributed by atoms with E-state index in [0.29, 0.717) is 0 Å². The Balaban J connectivity index is 2.36. The Morgan fingerprint density at radius 1 is 1.32 bits per heavy atom. The van der Waals surface area contributed by atoms with Crippen LogP contribution in [0.5, 0.6) is 5.75 Å². The number of carbonyl (C=O) groups excluding carboxylic acids is 1. The second kappa shape index (κ2) is 8.66. The molecular formula is C19H22F2N2O4S. The number of rotatable bonds is 7. The summed E-state index contributed by atoms with van der Waals surface area (Å²) >= 11 is 0. The number of halogens is 2. The van der Waals surface area contributed by atoms with E-state index in [1.165, 1.54) is 19.2 Å². The molecule has 0 spiro atoms. The van der Waals surface area contributed by atoms with Crippen LogP contribution < -0.4 is 15.8 Å². The van der Waals surface area contributed by atoms with E-state index in [0.717, 1.165) is 22.9 Å². The van der Waals surface area contributed by atoms with Gasteiger partial charge in [0.2, 0.25) is 0 Å². The Labute approximate surface area is 163 Å². The zero-order chi connectivity index (χ0) is 21.1.